The summed E-state index contributed by atoms with van der Waals surface area (Å²) >= 11 is 0. The van der Waals surface area contributed by atoms with E-state index < -0.39 is 0 Å². The van der Waals surface area contributed by atoms with Crippen molar-refractivity contribution >= 4 is 5.96 Å². The smallest absolute Gasteiger partial charge is 0.213 e. The van der Waals surface area contributed by atoms with Gasteiger partial charge in [0.25, 0.3) is 0 Å². The summed E-state index contributed by atoms with van der Waals surface area (Å²) in [7, 11) is 1.78. The molecule has 128 valence electrons. The Hall–Kier alpha value is -2.56. The number of aliphatic imine (C=N–C) groups is 1. The van der Waals surface area contributed by atoms with E-state index in [1.165, 1.54) is 5.56 Å². The predicted octanol–water partition coefficient (Wildman–Crippen LogP) is 2.95. The normalized spacial score (nSPS) is 12.5. The van der Waals surface area contributed by atoms with Crippen LogP contribution in [0, 0.1) is 0 Å². The van der Waals surface area contributed by atoms with Crippen LogP contribution in [-0.4, -0.2) is 31.1 Å². The molecule has 1 heterocycles. The molecular weight excluding hydrogens is 300 g/mol. The fourth-order valence-electron chi connectivity index (χ4n) is 2.34. The molecule has 0 saturated carbocycles. The van der Waals surface area contributed by atoms with E-state index in [2.05, 4.69) is 51.8 Å². The van der Waals surface area contributed by atoms with Gasteiger partial charge in [0.05, 0.1) is 6.61 Å². The van der Waals surface area contributed by atoms with E-state index in [1.54, 1.807) is 13.2 Å². The third kappa shape index (κ3) is 5.57. The van der Waals surface area contributed by atoms with Crippen LogP contribution in [0.4, 0.5) is 0 Å². The minimum atomic E-state index is 0.412. The van der Waals surface area contributed by atoms with Gasteiger partial charge in [0, 0.05) is 32.4 Å². The average molecular weight is 326 g/mol. The van der Waals surface area contributed by atoms with Gasteiger partial charge in [-0.15, -0.1) is 0 Å². The van der Waals surface area contributed by atoms with Gasteiger partial charge in [-0.2, -0.15) is 0 Å². The number of hydrogen-bond donors (Lipinski definition) is 2. The molecule has 1 unspecified atom stereocenters. The number of hydrogen-bond acceptors (Lipinski definition) is 3. The minimum Gasteiger partial charge on any atom is -0.478 e. The van der Waals surface area contributed by atoms with Crippen molar-refractivity contribution in [2.75, 3.05) is 20.2 Å². The molecule has 1 aromatic heterocycles. The van der Waals surface area contributed by atoms with E-state index >= 15 is 0 Å². The molecule has 0 amide bonds. The lowest BCUT2D eigenvalue weighted by Crippen LogP contribution is -2.38. The first-order valence-corrected chi connectivity index (χ1v) is 8.30. The summed E-state index contributed by atoms with van der Waals surface area (Å²) in [5, 5.41) is 6.69. The molecule has 5 heteroatoms. The molecule has 0 fully saturated rings. The number of nitrogens with one attached hydrogen (secondary N) is 2. The largest absolute Gasteiger partial charge is 0.478 e. The third-order valence-corrected chi connectivity index (χ3v) is 3.72. The SMILES string of the molecule is CCOc1cc(CNC(=NC)NCC(C)c2ccccc2)ccn1. The topological polar surface area (TPSA) is 58.5 Å². The predicted molar refractivity (Wildman–Crippen MR) is 98.5 cm³/mol. The number of rotatable bonds is 7. The summed E-state index contributed by atoms with van der Waals surface area (Å²) in [6.45, 7) is 6.26. The Morgan fingerprint density at radius 1 is 1.21 bits per heavy atom. The van der Waals surface area contributed by atoms with Gasteiger partial charge in [-0.05, 0) is 30.0 Å². The lowest BCUT2D eigenvalue weighted by Gasteiger charge is -2.16. The van der Waals surface area contributed by atoms with Crippen LogP contribution in [0.2, 0.25) is 0 Å². The van der Waals surface area contributed by atoms with Crippen molar-refractivity contribution in [1.82, 2.24) is 15.6 Å². The van der Waals surface area contributed by atoms with Crippen LogP contribution in [-0.2, 0) is 6.54 Å². The van der Waals surface area contributed by atoms with Crippen molar-refractivity contribution in [1.29, 1.82) is 0 Å². The van der Waals surface area contributed by atoms with E-state index in [1.807, 2.05) is 25.1 Å². The molecule has 5 nitrogen and oxygen atoms in total. The molecular formula is C19H26N4O. The summed E-state index contributed by atoms with van der Waals surface area (Å²) in [4.78, 5) is 8.45. The van der Waals surface area contributed by atoms with Crippen LogP contribution in [0.15, 0.2) is 53.7 Å². The third-order valence-electron chi connectivity index (χ3n) is 3.72. The lowest BCUT2D eigenvalue weighted by molar-refractivity contribution is 0.326. The molecule has 24 heavy (non-hydrogen) atoms. The molecule has 1 atom stereocenters. The Balaban J connectivity index is 1.83. The first kappa shape index (κ1) is 17.8. The molecule has 2 aromatic rings. The number of nitrogens with zero attached hydrogens (tertiary/aromatic N) is 2. The second-order valence-electron chi connectivity index (χ2n) is 5.55. The van der Waals surface area contributed by atoms with Gasteiger partial charge in [0.1, 0.15) is 0 Å². The quantitative estimate of drug-likeness (QED) is 0.607. The number of benzene rings is 1. The monoisotopic (exact) mass is 326 g/mol. The van der Waals surface area contributed by atoms with E-state index in [4.69, 9.17) is 4.74 Å². The summed E-state index contributed by atoms with van der Waals surface area (Å²) in [5.74, 6) is 1.85. The molecule has 2 N–H and O–H groups in total. The zero-order valence-corrected chi connectivity index (χ0v) is 14.6. The fraction of sp³-hybridized carbons (Fsp3) is 0.368. The Bertz CT molecular complexity index is 643. The molecule has 1 aromatic carbocycles. The Morgan fingerprint density at radius 2 is 2.00 bits per heavy atom. The van der Waals surface area contributed by atoms with Crippen LogP contribution in [0.3, 0.4) is 0 Å². The van der Waals surface area contributed by atoms with Crippen molar-refractivity contribution in [2.24, 2.45) is 4.99 Å². The van der Waals surface area contributed by atoms with Crippen molar-refractivity contribution in [2.45, 2.75) is 26.3 Å². The molecule has 0 aliphatic carbocycles. The van der Waals surface area contributed by atoms with Crippen molar-refractivity contribution in [3.05, 3.63) is 59.8 Å². The van der Waals surface area contributed by atoms with Gasteiger partial charge in [0.15, 0.2) is 5.96 Å². The molecule has 0 aliphatic heterocycles. The van der Waals surface area contributed by atoms with Crippen molar-refractivity contribution in [3.63, 3.8) is 0 Å². The van der Waals surface area contributed by atoms with Crippen LogP contribution in [0.5, 0.6) is 5.88 Å². The number of pyridine rings is 1. The standard InChI is InChI=1S/C19H26N4O/c1-4-24-18-12-16(10-11-21-18)14-23-19(20-3)22-13-15(2)17-8-6-5-7-9-17/h5-12,15H,4,13-14H2,1-3H3,(H2,20,22,23). The van der Waals surface area contributed by atoms with Gasteiger partial charge in [-0.25, -0.2) is 4.98 Å². The minimum absolute atomic E-state index is 0.412. The summed E-state index contributed by atoms with van der Waals surface area (Å²) in [6, 6.07) is 14.4. The fourth-order valence-corrected chi connectivity index (χ4v) is 2.34. The maximum atomic E-state index is 5.42. The zero-order chi connectivity index (χ0) is 17.2. The maximum absolute atomic E-state index is 5.42. The van der Waals surface area contributed by atoms with Gasteiger partial charge in [-0.3, -0.25) is 4.99 Å². The summed E-state index contributed by atoms with van der Waals surface area (Å²) in [5.41, 5.74) is 2.42. The second kappa shape index (κ2) is 9.55. The van der Waals surface area contributed by atoms with Crippen molar-refractivity contribution in [3.8, 4) is 5.88 Å². The molecule has 0 bridgehead atoms. The first-order valence-electron chi connectivity index (χ1n) is 8.30. The van der Waals surface area contributed by atoms with E-state index in [0.29, 0.717) is 24.9 Å². The lowest BCUT2D eigenvalue weighted by atomic mass is 10.0. The molecule has 0 saturated heterocycles. The maximum Gasteiger partial charge on any atom is 0.213 e. The average Bonchev–Trinajstić information content (AvgIpc) is 2.63. The highest BCUT2D eigenvalue weighted by Crippen LogP contribution is 2.13. The summed E-state index contributed by atoms with van der Waals surface area (Å²) < 4.78 is 5.42. The van der Waals surface area contributed by atoms with Crippen LogP contribution in [0.1, 0.15) is 30.9 Å². The Labute approximate surface area is 144 Å². The first-order chi connectivity index (χ1) is 11.7. The molecule has 2 rings (SSSR count). The highest BCUT2D eigenvalue weighted by molar-refractivity contribution is 5.79. The van der Waals surface area contributed by atoms with Gasteiger partial charge in [0.2, 0.25) is 5.88 Å². The van der Waals surface area contributed by atoms with Gasteiger partial charge in [-0.1, -0.05) is 37.3 Å². The zero-order valence-electron chi connectivity index (χ0n) is 14.6. The highest BCUT2D eigenvalue weighted by Gasteiger charge is 2.06. The highest BCUT2D eigenvalue weighted by atomic mass is 16.5. The summed E-state index contributed by atoms with van der Waals surface area (Å²) in [6.07, 6.45) is 1.76. The van der Waals surface area contributed by atoms with Gasteiger partial charge < -0.3 is 15.4 Å². The molecule has 0 radical (unpaired) electrons. The van der Waals surface area contributed by atoms with Crippen molar-refractivity contribution < 1.29 is 4.74 Å². The second-order valence-corrected chi connectivity index (χ2v) is 5.55. The van der Waals surface area contributed by atoms with Crippen LogP contribution >= 0.6 is 0 Å². The van der Waals surface area contributed by atoms with Crippen LogP contribution in [0.25, 0.3) is 0 Å². The number of guanidine groups is 1. The van der Waals surface area contributed by atoms with E-state index in [-0.39, 0.29) is 0 Å². The number of aromatic nitrogens is 1. The Morgan fingerprint density at radius 3 is 2.71 bits per heavy atom. The van der Waals surface area contributed by atoms with Gasteiger partial charge >= 0.3 is 0 Å². The molecule has 0 spiro atoms. The van der Waals surface area contributed by atoms with E-state index in [9.17, 15) is 0 Å². The molecule has 0 aliphatic rings. The Kier molecular flexibility index (Phi) is 7.08. The van der Waals surface area contributed by atoms with E-state index in [0.717, 1.165) is 18.1 Å². The number of ether oxygens (including phenoxy) is 1. The van der Waals surface area contributed by atoms with Crippen LogP contribution < -0.4 is 15.4 Å².